The number of nitrogens with zero attached hydrogens (tertiary/aromatic N) is 3. The van der Waals surface area contributed by atoms with Crippen LogP contribution in [0.15, 0.2) is 65.2 Å². The molecule has 6 nitrogen and oxygen atoms in total. The summed E-state index contributed by atoms with van der Waals surface area (Å²) >= 11 is 1.65. The van der Waals surface area contributed by atoms with Gasteiger partial charge in [0.1, 0.15) is 0 Å². The van der Waals surface area contributed by atoms with E-state index in [1.807, 2.05) is 42.5 Å². The highest BCUT2D eigenvalue weighted by Crippen LogP contribution is 2.36. The number of aryl methyl sites for hydroxylation is 1. The zero-order valence-electron chi connectivity index (χ0n) is 17.0. The maximum atomic E-state index is 10.9. The molecule has 1 aliphatic heterocycles. The first-order valence-electron chi connectivity index (χ1n) is 10.1. The smallest absolute Gasteiger partial charge is 0.309 e. The summed E-state index contributed by atoms with van der Waals surface area (Å²) in [5.74, 6) is 0.134. The number of carbonyl (C=O) groups is 1. The highest BCUT2D eigenvalue weighted by Gasteiger charge is 2.32. The Labute approximate surface area is 183 Å². The summed E-state index contributed by atoms with van der Waals surface area (Å²) in [6, 6.07) is 20.4. The molecule has 1 saturated heterocycles. The SMILES string of the molecule is Cc1sc(-c2nc(-c3ccc(CN4CC(C(=O)O)C4)cc3)no2)cc1-c1ccccc1. The second kappa shape index (κ2) is 8.09. The van der Waals surface area contributed by atoms with Crippen molar-refractivity contribution in [3.8, 4) is 33.3 Å². The molecular formula is C24H21N3O3S. The Hall–Kier alpha value is -3.29. The van der Waals surface area contributed by atoms with Crippen molar-refractivity contribution in [3.05, 3.63) is 71.1 Å². The number of hydrogen-bond acceptors (Lipinski definition) is 6. The number of aromatic nitrogens is 2. The predicted molar refractivity (Wildman–Crippen MR) is 120 cm³/mol. The van der Waals surface area contributed by atoms with Gasteiger partial charge >= 0.3 is 5.97 Å². The van der Waals surface area contributed by atoms with Gasteiger partial charge in [0.2, 0.25) is 5.82 Å². The molecule has 31 heavy (non-hydrogen) atoms. The number of aliphatic carboxylic acids is 1. The molecule has 1 fully saturated rings. The van der Waals surface area contributed by atoms with Crippen LogP contribution in [-0.2, 0) is 11.3 Å². The first-order chi connectivity index (χ1) is 15.1. The van der Waals surface area contributed by atoms with Crippen molar-refractivity contribution < 1.29 is 14.4 Å². The molecule has 0 aliphatic carbocycles. The number of rotatable bonds is 6. The van der Waals surface area contributed by atoms with E-state index in [0.29, 0.717) is 24.8 Å². The third-order valence-corrected chi connectivity index (χ3v) is 6.60. The Morgan fingerprint density at radius 3 is 2.58 bits per heavy atom. The molecule has 7 heteroatoms. The molecule has 4 aromatic rings. The van der Waals surface area contributed by atoms with Crippen LogP contribution in [-0.4, -0.2) is 39.2 Å². The Balaban J connectivity index is 1.29. The minimum Gasteiger partial charge on any atom is -0.481 e. The van der Waals surface area contributed by atoms with Gasteiger partial charge in [0.05, 0.1) is 10.8 Å². The lowest BCUT2D eigenvalue weighted by Crippen LogP contribution is -2.49. The number of likely N-dealkylation sites (tertiary alicyclic amines) is 1. The molecule has 0 unspecified atom stereocenters. The van der Waals surface area contributed by atoms with E-state index in [2.05, 4.69) is 40.2 Å². The third kappa shape index (κ3) is 4.02. The van der Waals surface area contributed by atoms with Crippen molar-refractivity contribution in [3.63, 3.8) is 0 Å². The first kappa shape index (κ1) is 19.7. The minimum atomic E-state index is -0.712. The lowest BCUT2D eigenvalue weighted by molar-refractivity contribution is -0.147. The summed E-state index contributed by atoms with van der Waals surface area (Å²) in [6.45, 7) is 4.06. The monoisotopic (exact) mass is 431 g/mol. The average molecular weight is 432 g/mol. The molecule has 5 rings (SSSR count). The van der Waals surface area contributed by atoms with Crippen molar-refractivity contribution in [2.45, 2.75) is 13.5 Å². The molecule has 2 aromatic heterocycles. The summed E-state index contributed by atoms with van der Waals surface area (Å²) in [5, 5.41) is 13.2. The van der Waals surface area contributed by atoms with Crippen LogP contribution >= 0.6 is 11.3 Å². The van der Waals surface area contributed by atoms with Gasteiger partial charge < -0.3 is 9.63 Å². The first-order valence-corrected chi connectivity index (χ1v) is 10.9. The van der Waals surface area contributed by atoms with Crippen molar-refractivity contribution in [2.75, 3.05) is 13.1 Å². The highest BCUT2D eigenvalue weighted by molar-refractivity contribution is 7.15. The fraction of sp³-hybridized carbons (Fsp3) is 0.208. The van der Waals surface area contributed by atoms with Gasteiger partial charge in [-0.05, 0) is 29.7 Å². The molecule has 0 radical (unpaired) electrons. The van der Waals surface area contributed by atoms with Crippen LogP contribution in [0.5, 0.6) is 0 Å². The summed E-state index contributed by atoms with van der Waals surface area (Å²) in [5.41, 5.74) is 4.38. The standard InChI is InChI=1S/C24H21N3O3S/c1-15-20(17-5-3-2-4-6-17)11-21(31-15)23-25-22(26-30-23)18-9-7-16(8-10-18)12-27-13-19(14-27)24(28)29/h2-11,19H,12-14H2,1H3,(H,28,29). The van der Waals surface area contributed by atoms with E-state index < -0.39 is 5.97 Å². The van der Waals surface area contributed by atoms with Gasteiger partial charge in [-0.25, -0.2) is 0 Å². The van der Waals surface area contributed by atoms with Crippen LogP contribution in [0.25, 0.3) is 33.3 Å². The van der Waals surface area contributed by atoms with Gasteiger partial charge in [0, 0.05) is 30.1 Å². The van der Waals surface area contributed by atoms with Crippen LogP contribution in [0, 0.1) is 12.8 Å². The van der Waals surface area contributed by atoms with Crippen LogP contribution < -0.4 is 0 Å². The van der Waals surface area contributed by atoms with Gasteiger partial charge in [-0.15, -0.1) is 11.3 Å². The van der Waals surface area contributed by atoms with Gasteiger partial charge in [0.25, 0.3) is 5.89 Å². The zero-order valence-corrected chi connectivity index (χ0v) is 17.8. The second-order valence-electron chi connectivity index (χ2n) is 7.80. The highest BCUT2D eigenvalue weighted by atomic mass is 32.1. The maximum Gasteiger partial charge on any atom is 0.309 e. The Morgan fingerprint density at radius 2 is 1.87 bits per heavy atom. The van der Waals surface area contributed by atoms with E-state index in [4.69, 9.17) is 9.63 Å². The molecule has 3 heterocycles. The van der Waals surface area contributed by atoms with Gasteiger partial charge in [0.15, 0.2) is 0 Å². The number of carboxylic acids is 1. The number of carboxylic acid groups (broad SMARTS) is 1. The zero-order chi connectivity index (χ0) is 21.4. The fourth-order valence-corrected chi connectivity index (χ4v) is 4.77. The normalized spacial score (nSPS) is 14.5. The van der Waals surface area contributed by atoms with Crippen molar-refractivity contribution in [2.24, 2.45) is 5.92 Å². The van der Waals surface area contributed by atoms with Crippen LogP contribution in [0.4, 0.5) is 0 Å². The lowest BCUT2D eigenvalue weighted by atomic mass is 9.99. The summed E-state index contributed by atoms with van der Waals surface area (Å²) in [4.78, 5) is 19.8. The third-order valence-electron chi connectivity index (χ3n) is 5.56. The quantitative estimate of drug-likeness (QED) is 0.465. The summed E-state index contributed by atoms with van der Waals surface area (Å²) in [6.07, 6.45) is 0. The molecule has 1 aliphatic rings. The lowest BCUT2D eigenvalue weighted by Gasteiger charge is -2.36. The second-order valence-corrected chi connectivity index (χ2v) is 9.05. The van der Waals surface area contributed by atoms with E-state index in [9.17, 15) is 4.79 Å². The van der Waals surface area contributed by atoms with Crippen LogP contribution in [0.3, 0.4) is 0 Å². The van der Waals surface area contributed by atoms with Crippen LogP contribution in [0.1, 0.15) is 10.4 Å². The topological polar surface area (TPSA) is 79.5 Å². The molecule has 0 spiro atoms. The molecule has 0 amide bonds. The number of hydrogen-bond donors (Lipinski definition) is 1. The molecule has 2 aromatic carbocycles. The summed E-state index contributed by atoms with van der Waals surface area (Å²) < 4.78 is 5.55. The van der Waals surface area contributed by atoms with E-state index in [1.54, 1.807) is 11.3 Å². The van der Waals surface area contributed by atoms with Gasteiger partial charge in [-0.1, -0.05) is 59.8 Å². The molecule has 156 valence electrons. The summed E-state index contributed by atoms with van der Waals surface area (Å²) in [7, 11) is 0. The largest absolute Gasteiger partial charge is 0.481 e. The van der Waals surface area contributed by atoms with Crippen molar-refractivity contribution >= 4 is 17.3 Å². The molecular weight excluding hydrogens is 410 g/mol. The van der Waals surface area contributed by atoms with Crippen molar-refractivity contribution in [1.82, 2.24) is 15.0 Å². The van der Waals surface area contributed by atoms with Crippen LogP contribution in [0.2, 0.25) is 0 Å². The Kier molecular flexibility index (Phi) is 5.13. The van der Waals surface area contributed by atoms with Gasteiger partial charge in [-0.2, -0.15) is 4.98 Å². The minimum absolute atomic E-state index is 0.236. The van der Waals surface area contributed by atoms with E-state index in [0.717, 1.165) is 22.5 Å². The maximum absolute atomic E-state index is 10.9. The Bertz CT molecular complexity index is 1210. The predicted octanol–water partition coefficient (Wildman–Crippen LogP) is 4.96. The average Bonchev–Trinajstić information content (AvgIpc) is 3.38. The van der Waals surface area contributed by atoms with E-state index >= 15 is 0 Å². The van der Waals surface area contributed by atoms with E-state index in [1.165, 1.54) is 16.0 Å². The molecule has 0 saturated carbocycles. The van der Waals surface area contributed by atoms with Gasteiger partial charge in [-0.3, -0.25) is 9.69 Å². The Morgan fingerprint density at radius 1 is 1.13 bits per heavy atom. The number of thiophene rings is 1. The molecule has 0 bridgehead atoms. The van der Waals surface area contributed by atoms with Crippen molar-refractivity contribution in [1.29, 1.82) is 0 Å². The van der Waals surface area contributed by atoms with E-state index in [-0.39, 0.29) is 5.92 Å². The molecule has 1 N–H and O–H groups in total. The number of benzene rings is 2. The molecule has 0 atom stereocenters. The fourth-order valence-electron chi connectivity index (χ4n) is 3.81.